The van der Waals surface area contributed by atoms with Crippen LogP contribution in [-0.2, 0) is 4.74 Å². The van der Waals surface area contributed by atoms with Crippen LogP contribution in [0.4, 0.5) is 0 Å². The molecule has 7 nitrogen and oxygen atoms in total. The summed E-state index contributed by atoms with van der Waals surface area (Å²) in [5, 5.41) is 6.85. The van der Waals surface area contributed by atoms with Gasteiger partial charge in [0.05, 0.1) is 0 Å². The Morgan fingerprint density at radius 3 is 2.68 bits per heavy atom. The first kappa shape index (κ1) is 14.6. The lowest BCUT2D eigenvalue weighted by Crippen LogP contribution is -2.36. The smallest absolute Gasteiger partial charge is 0.252 e. The maximum atomic E-state index is 12.4. The van der Waals surface area contributed by atoms with Crippen molar-refractivity contribution in [2.24, 2.45) is 5.92 Å². The zero-order valence-electron chi connectivity index (χ0n) is 12.4. The Labute approximate surface area is 128 Å². The molecule has 0 radical (unpaired) electrons. The Balaban J connectivity index is 1.80. The minimum Gasteiger partial charge on any atom is -0.381 e. The van der Waals surface area contributed by atoms with Gasteiger partial charge in [-0.15, -0.1) is 0 Å². The lowest BCUT2D eigenvalue weighted by Gasteiger charge is -2.28. The van der Waals surface area contributed by atoms with E-state index < -0.39 is 0 Å². The molecule has 0 aromatic carbocycles. The summed E-state index contributed by atoms with van der Waals surface area (Å²) in [4.78, 5) is 20.6. The van der Waals surface area contributed by atoms with Crippen LogP contribution in [0.2, 0.25) is 0 Å². The summed E-state index contributed by atoms with van der Waals surface area (Å²) in [7, 11) is 0. The van der Waals surface area contributed by atoms with Crippen LogP contribution in [0.25, 0.3) is 0 Å². The van der Waals surface area contributed by atoms with E-state index in [4.69, 9.17) is 9.26 Å². The van der Waals surface area contributed by atoms with Gasteiger partial charge in [-0.2, -0.15) is 4.98 Å². The van der Waals surface area contributed by atoms with E-state index in [2.05, 4.69) is 20.4 Å². The van der Waals surface area contributed by atoms with Gasteiger partial charge in [-0.1, -0.05) is 5.16 Å². The highest BCUT2D eigenvalue weighted by molar-refractivity contribution is 5.94. The SMILES string of the molecule is Cc1noc([C@H](NC(=O)c2ccncc2)C2CCOCC2)n1. The molecule has 2 aromatic heterocycles. The van der Waals surface area contributed by atoms with Gasteiger partial charge in [-0.25, -0.2) is 0 Å². The van der Waals surface area contributed by atoms with E-state index in [1.165, 1.54) is 0 Å². The molecule has 116 valence electrons. The summed E-state index contributed by atoms with van der Waals surface area (Å²) >= 11 is 0. The third-order valence-corrected chi connectivity index (χ3v) is 3.78. The van der Waals surface area contributed by atoms with Gasteiger partial charge in [-0.05, 0) is 37.8 Å². The van der Waals surface area contributed by atoms with Gasteiger partial charge in [0, 0.05) is 31.2 Å². The lowest BCUT2D eigenvalue weighted by molar-refractivity contribution is 0.0468. The van der Waals surface area contributed by atoms with Gasteiger partial charge in [0.15, 0.2) is 5.82 Å². The van der Waals surface area contributed by atoms with Gasteiger partial charge in [-0.3, -0.25) is 9.78 Å². The third-order valence-electron chi connectivity index (χ3n) is 3.78. The maximum absolute atomic E-state index is 12.4. The zero-order chi connectivity index (χ0) is 15.4. The summed E-state index contributed by atoms with van der Waals surface area (Å²) in [6.07, 6.45) is 4.88. The van der Waals surface area contributed by atoms with Crippen molar-refractivity contribution in [3.63, 3.8) is 0 Å². The average molecular weight is 302 g/mol. The number of amides is 1. The highest BCUT2D eigenvalue weighted by Gasteiger charge is 2.31. The number of carbonyl (C=O) groups excluding carboxylic acids is 1. The van der Waals surface area contributed by atoms with Gasteiger partial charge in [0.2, 0.25) is 5.89 Å². The van der Waals surface area contributed by atoms with Crippen LogP contribution in [0.5, 0.6) is 0 Å². The van der Waals surface area contributed by atoms with Gasteiger partial charge in [0.25, 0.3) is 5.91 Å². The number of pyridine rings is 1. The molecule has 22 heavy (non-hydrogen) atoms. The largest absolute Gasteiger partial charge is 0.381 e. The van der Waals surface area contributed by atoms with Gasteiger partial charge < -0.3 is 14.6 Å². The second-order valence-electron chi connectivity index (χ2n) is 5.32. The quantitative estimate of drug-likeness (QED) is 0.924. The molecule has 3 rings (SSSR count). The second-order valence-corrected chi connectivity index (χ2v) is 5.32. The molecular formula is C15H18N4O3. The Hall–Kier alpha value is -2.28. The van der Waals surface area contributed by atoms with Crippen molar-refractivity contribution in [2.45, 2.75) is 25.8 Å². The van der Waals surface area contributed by atoms with Crippen LogP contribution in [0.3, 0.4) is 0 Å². The molecule has 1 amide bonds. The fourth-order valence-electron chi connectivity index (χ4n) is 2.60. The first-order valence-electron chi connectivity index (χ1n) is 7.33. The fourth-order valence-corrected chi connectivity index (χ4v) is 2.60. The number of nitrogens with zero attached hydrogens (tertiary/aromatic N) is 3. The molecule has 1 aliphatic heterocycles. The summed E-state index contributed by atoms with van der Waals surface area (Å²) in [6.45, 7) is 3.12. The first-order valence-corrected chi connectivity index (χ1v) is 7.33. The lowest BCUT2D eigenvalue weighted by atomic mass is 9.91. The monoisotopic (exact) mass is 302 g/mol. The standard InChI is InChI=1S/C15H18N4O3/c1-10-17-15(22-19-10)13(11-4-8-21-9-5-11)18-14(20)12-2-6-16-7-3-12/h2-3,6-7,11,13H,4-5,8-9H2,1H3,(H,18,20)/t13-/m1/s1. The first-order chi connectivity index (χ1) is 10.7. The normalized spacial score (nSPS) is 17.1. The highest BCUT2D eigenvalue weighted by atomic mass is 16.5. The minimum atomic E-state index is -0.300. The Morgan fingerprint density at radius 1 is 1.32 bits per heavy atom. The number of hydrogen-bond acceptors (Lipinski definition) is 6. The summed E-state index contributed by atoms with van der Waals surface area (Å²) < 4.78 is 10.7. The Morgan fingerprint density at radius 2 is 2.05 bits per heavy atom. The van der Waals surface area contributed by atoms with Crippen LogP contribution >= 0.6 is 0 Å². The second kappa shape index (κ2) is 6.65. The molecule has 1 N–H and O–H groups in total. The van der Waals surface area contributed by atoms with Crippen molar-refractivity contribution in [1.82, 2.24) is 20.4 Å². The van der Waals surface area contributed by atoms with E-state index in [0.29, 0.717) is 30.5 Å². The fraction of sp³-hybridized carbons (Fsp3) is 0.467. The molecule has 0 unspecified atom stereocenters. The van der Waals surface area contributed by atoms with E-state index >= 15 is 0 Å². The number of ether oxygens (including phenoxy) is 1. The van der Waals surface area contributed by atoms with Crippen molar-refractivity contribution >= 4 is 5.91 Å². The number of nitrogens with one attached hydrogen (secondary N) is 1. The van der Waals surface area contributed by atoms with Crippen molar-refractivity contribution in [2.75, 3.05) is 13.2 Å². The Bertz CT molecular complexity index is 623. The van der Waals surface area contributed by atoms with Crippen molar-refractivity contribution < 1.29 is 14.1 Å². The van der Waals surface area contributed by atoms with Crippen LogP contribution in [-0.4, -0.2) is 34.2 Å². The average Bonchev–Trinajstić information content (AvgIpc) is 3.00. The summed E-state index contributed by atoms with van der Waals surface area (Å²) in [6, 6.07) is 3.05. The van der Waals surface area contributed by atoms with Gasteiger partial charge >= 0.3 is 0 Å². The molecule has 7 heteroatoms. The van der Waals surface area contributed by atoms with Crippen molar-refractivity contribution in [1.29, 1.82) is 0 Å². The number of rotatable bonds is 4. The molecule has 0 saturated carbocycles. The molecule has 1 atom stereocenters. The van der Waals surface area contributed by atoms with Crippen LogP contribution in [0.1, 0.15) is 41.0 Å². The zero-order valence-corrected chi connectivity index (χ0v) is 12.4. The number of aromatic nitrogens is 3. The molecule has 1 saturated heterocycles. The molecule has 0 bridgehead atoms. The molecule has 2 aromatic rings. The number of aryl methyl sites for hydroxylation is 1. The Kier molecular flexibility index (Phi) is 4.43. The predicted molar refractivity (Wildman–Crippen MR) is 77.0 cm³/mol. The van der Waals surface area contributed by atoms with E-state index in [0.717, 1.165) is 12.8 Å². The number of hydrogen-bond donors (Lipinski definition) is 1. The van der Waals surface area contributed by atoms with E-state index in [9.17, 15) is 4.79 Å². The number of carbonyl (C=O) groups is 1. The van der Waals surface area contributed by atoms with Crippen LogP contribution in [0.15, 0.2) is 29.0 Å². The van der Waals surface area contributed by atoms with Crippen molar-refractivity contribution in [3.05, 3.63) is 41.8 Å². The molecule has 0 aliphatic carbocycles. The van der Waals surface area contributed by atoms with E-state index in [-0.39, 0.29) is 17.9 Å². The third kappa shape index (κ3) is 3.30. The van der Waals surface area contributed by atoms with Gasteiger partial charge in [0.1, 0.15) is 6.04 Å². The minimum absolute atomic E-state index is 0.172. The van der Waals surface area contributed by atoms with E-state index in [1.54, 1.807) is 31.5 Å². The summed E-state index contributed by atoms with van der Waals surface area (Å²) in [5.41, 5.74) is 0.559. The molecule has 0 spiro atoms. The molecule has 1 aliphatic rings. The maximum Gasteiger partial charge on any atom is 0.252 e. The van der Waals surface area contributed by atoms with E-state index in [1.807, 2.05) is 0 Å². The molecule has 1 fully saturated rings. The van der Waals surface area contributed by atoms with Crippen LogP contribution < -0.4 is 5.32 Å². The topological polar surface area (TPSA) is 90.1 Å². The highest BCUT2D eigenvalue weighted by Crippen LogP contribution is 2.29. The predicted octanol–water partition coefficient (Wildman–Crippen LogP) is 1.67. The van der Waals surface area contributed by atoms with Crippen molar-refractivity contribution in [3.8, 4) is 0 Å². The van der Waals surface area contributed by atoms with Crippen LogP contribution in [0, 0.1) is 12.8 Å². The molecular weight excluding hydrogens is 284 g/mol. The summed E-state index contributed by atoms with van der Waals surface area (Å²) in [5.74, 6) is 1.06. The molecule has 3 heterocycles.